The maximum Gasteiger partial charge on any atom is 0.283 e. The molecule has 1 saturated heterocycles. The lowest BCUT2D eigenvalue weighted by Crippen LogP contribution is -2.48. The fourth-order valence-corrected chi connectivity index (χ4v) is 3.91. The lowest BCUT2D eigenvalue weighted by Gasteiger charge is -2.37. The maximum atomic E-state index is 13.1. The van der Waals surface area contributed by atoms with Gasteiger partial charge < -0.3 is 10.2 Å². The number of nitro groups is 1. The molecule has 1 amide bonds. The molecule has 1 aliphatic heterocycles. The molecule has 1 N–H and O–H groups in total. The first kappa shape index (κ1) is 18.7. The van der Waals surface area contributed by atoms with Crippen molar-refractivity contribution in [2.45, 2.75) is 10.9 Å². The van der Waals surface area contributed by atoms with E-state index in [1.807, 2.05) is 18.2 Å². The largest absolute Gasteiger partial charge is 0.329 e. The number of thioether (sulfide) groups is 1. The van der Waals surface area contributed by atoms with Gasteiger partial charge in [-0.15, -0.1) is 11.8 Å². The summed E-state index contributed by atoms with van der Waals surface area (Å²) in [6, 6.07) is 11.8. The second-order valence-corrected chi connectivity index (χ2v) is 7.14. The van der Waals surface area contributed by atoms with Gasteiger partial charge in [-0.3, -0.25) is 14.9 Å². The third-order valence-electron chi connectivity index (χ3n) is 4.39. The average molecular weight is 392 g/mol. The number of nitrogens with zero attached hydrogens (tertiary/aromatic N) is 2. The molecule has 2 aromatic rings. The minimum Gasteiger partial charge on any atom is -0.329 e. The number of piperazine rings is 1. The molecule has 0 bridgehead atoms. The summed E-state index contributed by atoms with van der Waals surface area (Å²) in [4.78, 5) is 26.2. The van der Waals surface area contributed by atoms with E-state index < -0.39 is 4.92 Å². The molecule has 2 aromatic carbocycles. The Morgan fingerprint density at radius 1 is 1.35 bits per heavy atom. The van der Waals surface area contributed by atoms with Gasteiger partial charge in [0.25, 0.3) is 11.6 Å². The van der Waals surface area contributed by atoms with Crippen LogP contribution in [0.15, 0.2) is 47.4 Å². The van der Waals surface area contributed by atoms with Gasteiger partial charge in [-0.25, -0.2) is 0 Å². The van der Waals surface area contributed by atoms with Crippen LogP contribution in [0.1, 0.15) is 22.0 Å². The molecule has 0 spiro atoms. The van der Waals surface area contributed by atoms with Crippen molar-refractivity contribution in [3.8, 4) is 0 Å². The second kappa shape index (κ2) is 8.07. The highest BCUT2D eigenvalue weighted by Gasteiger charge is 2.30. The van der Waals surface area contributed by atoms with Crippen molar-refractivity contribution in [2.24, 2.45) is 0 Å². The molecule has 0 aromatic heterocycles. The van der Waals surface area contributed by atoms with E-state index in [0.717, 1.165) is 5.56 Å². The van der Waals surface area contributed by atoms with Gasteiger partial charge in [0.15, 0.2) is 0 Å². The Kier molecular flexibility index (Phi) is 5.80. The summed E-state index contributed by atoms with van der Waals surface area (Å²) < 4.78 is 0. The first-order valence-electron chi connectivity index (χ1n) is 8.11. The number of carbonyl (C=O) groups excluding carboxylic acids is 1. The molecule has 6 nitrogen and oxygen atoms in total. The van der Waals surface area contributed by atoms with E-state index in [4.69, 9.17) is 11.6 Å². The van der Waals surface area contributed by atoms with Gasteiger partial charge in [0, 0.05) is 36.3 Å². The normalized spacial score (nSPS) is 17.2. The van der Waals surface area contributed by atoms with Gasteiger partial charge in [-0.1, -0.05) is 29.8 Å². The number of hydrogen-bond acceptors (Lipinski definition) is 5. The van der Waals surface area contributed by atoms with Crippen LogP contribution in [0.5, 0.6) is 0 Å². The Bertz CT molecular complexity index is 846. The third-order valence-corrected chi connectivity index (χ3v) is 5.52. The van der Waals surface area contributed by atoms with Crippen LogP contribution < -0.4 is 5.32 Å². The quantitative estimate of drug-likeness (QED) is 0.488. The monoisotopic (exact) mass is 391 g/mol. The molecule has 0 radical (unpaired) electrons. The second-order valence-electron chi connectivity index (χ2n) is 5.88. The highest BCUT2D eigenvalue weighted by molar-refractivity contribution is 7.98. The van der Waals surface area contributed by atoms with Crippen LogP contribution >= 0.6 is 23.4 Å². The lowest BCUT2D eigenvalue weighted by atomic mass is 10.0. The summed E-state index contributed by atoms with van der Waals surface area (Å²) in [6.07, 6.45) is 1.77. The predicted octanol–water partition coefficient (Wildman–Crippen LogP) is 3.76. The molecule has 1 aliphatic rings. The van der Waals surface area contributed by atoms with Crippen LogP contribution in [-0.4, -0.2) is 41.6 Å². The van der Waals surface area contributed by atoms with Gasteiger partial charge in [-0.2, -0.15) is 0 Å². The first-order valence-corrected chi connectivity index (χ1v) is 9.71. The Balaban J connectivity index is 1.96. The molecule has 1 fully saturated rings. The number of nitrogens with one attached hydrogen (secondary N) is 1. The van der Waals surface area contributed by atoms with Crippen molar-refractivity contribution in [2.75, 3.05) is 25.9 Å². The summed E-state index contributed by atoms with van der Waals surface area (Å²) in [5, 5.41) is 15.2. The van der Waals surface area contributed by atoms with E-state index in [1.165, 1.54) is 17.8 Å². The summed E-state index contributed by atoms with van der Waals surface area (Å²) in [7, 11) is 0. The zero-order valence-electron chi connectivity index (χ0n) is 14.1. The topological polar surface area (TPSA) is 75.5 Å². The predicted molar refractivity (Wildman–Crippen MR) is 103 cm³/mol. The summed E-state index contributed by atoms with van der Waals surface area (Å²) in [6.45, 7) is 1.75. The Morgan fingerprint density at radius 2 is 2.12 bits per heavy atom. The van der Waals surface area contributed by atoms with Crippen molar-refractivity contribution in [1.29, 1.82) is 0 Å². The minimum absolute atomic E-state index is 0.0484. The Hall–Kier alpha value is -2.09. The zero-order chi connectivity index (χ0) is 18.7. The van der Waals surface area contributed by atoms with Gasteiger partial charge in [0.2, 0.25) is 0 Å². The molecule has 0 saturated carbocycles. The van der Waals surface area contributed by atoms with Crippen molar-refractivity contribution >= 4 is 35.0 Å². The van der Waals surface area contributed by atoms with E-state index >= 15 is 0 Å². The number of hydrogen-bond donors (Lipinski definition) is 1. The summed E-state index contributed by atoms with van der Waals surface area (Å²) >= 11 is 7.61. The molecule has 1 atom stereocenters. The van der Waals surface area contributed by atoms with Crippen LogP contribution in [0.2, 0.25) is 5.02 Å². The Morgan fingerprint density at radius 3 is 2.81 bits per heavy atom. The molecule has 0 aliphatic carbocycles. The zero-order valence-corrected chi connectivity index (χ0v) is 15.7. The number of halogens is 1. The third kappa shape index (κ3) is 3.70. The Labute approximate surface area is 160 Å². The molecule has 1 heterocycles. The number of amides is 1. The van der Waals surface area contributed by atoms with Crippen LogP contribution in [0.25, 0.3) is 0 Å². The number of rotatable bonds is 4. The first-order chi connectivity index (χ1) is 12.5. The fraction of sp³-hybridized carbons (Fsp3) is 0.278. The van der Waals surface area contributed by atoms with E-state index in [2.05, 4.69) is 5.32 Å². The van der Waals surface area contributed by atoms with Crippen molar-refractivity contribution < 1.29 is 9.72 Å². The SMILES string of the molecule is CSc1ccc(C(=O)N2CCNCC2c2ccccc2Cl)cc1[N+](=O)[O-]. The van der Waals surface area contributed by atoms with E-state index in [9.17, 15) is 14.9 Å². The molecule has 136 valence electrons. The summed E-state index contributed by atoms with van der Waals surface area (Å²) in [5.41, 5.74) is 1.13. The lowest BCUT2D eigenvalue weighted by molar-refractivity contribution is -0.387. The van der Waals surface area contributed by atoms with Gasteiger partial charge in [0.1, 0.15) is 0 Å². The molecule has 26 heavy (non-hydrogen) atoms. The van der Waals surface area contributed by atoms with Crippen LogP contribution in [0, 0.1) is 10.1 Å². The molecular weight excluding hydrogens is 374 g/mol. The molecule has 3 rings (SSSR count). The van der Waals surface area contributed by atoms with Crippen LogP contribution in [0.3, 0.4) is 0 Å². The van der Waals surface area contributed by atoms with Crippen molar-refractivity contribution in [1.82, 2.24) is 10.2 Å². The van der Waals surface area contributed by atoms with Gasteiger partial charge >= 0.3 is 0 Å². The van der Waals surface area contributed by atoms with E-state index in [1.54, 1.807) is 29.4 Å². The smallest absolute Gasteiger partial charge is 0.283 e. The molecule has 8 heteroatoms. The fourth-order valence-electron chi connectivity index (χ4n) is 3.10. The molecule has 1 unspecified atom stereocenters. The highest BCUT2D eigenvalue weighted by atomic mass is 35.5. The van der Waals surface area contributed by atoms with E-state index in [-0.39, 0.29) is 17.6 Å². The molecular formula is C18H18ClN3O3S. The van der Waals surface area contributed by atoms with Crippen molar-refractivity contribution in [3.63, 3.8) is 0 Å². The maximum absolute atomic E-state index is 13.1. The number of benzene rings is 2. The van der Waals surface area contributed by atoms with Crippen molar-refractivity contribution in [3.05, 3.63) is 68.7 Å². The minimum atomic E-state index is -0.452. The number of carbonyl (C=O) groups is 1. The van der Waals surface area contributed by atoms with Gasteiger partial charge in [0.05, 0.1) is 15.9 Å². The van der Waals surface area contributed by atoms with Crippen LogP contribution in [0.4, 0.5) is 5.69 Å². The standard InChI is InChI=1S/C18H18ClN3O3S/c1-26-17-7-6-12(10-15(17)22(24)25)18(23)21-9-8-20-11-16(21)13-4-2-3-5-14(13)19/h2-7,10,16,20H,8-9,11H2,1H3. The summed E-state index contributed by atoms with van der Waals surface area (Å²) in [5.74, 6) is -0.229. The van der Waals surface area contributed by atoms with E-state index in [0.29, 0.717) is 35.1 Å². The van der Waals surface area contributed by atoms with Gasteiger partial charge in [-0.05, 0) is 30.0 Å². The average Bonchev–Trinajstić information content (AvgIpc) is 2.67. The highest BCUT2D eigenvalue weighted by Crippen LogP contribution is 2.32. The van der Waals surface area contributed by atoms with Crippen LogP contribution in [-0.2, 0) is 0 Å². The number of nitro benzene ring substituents is 1.